The smallest absolute Gasteiger partial charge is 0.337 e. The molecule has 41 heavy (non-hydrogen) atoms. The van der Waals surface area contributed by atoms with Gasteiger partial charge < -0.3 is 36.6 Å². The van der Waals surface area contributed by atoms with Crippen molar-refractivity contribution in [3.8, 4) is 16.9 Å². The molecule has 1 amide bonds. The summed E-state index contributed by atoms with van der Waals surface area (Å²) in [5.41, 5.74) is 12.0. The van der Waals surface area contributed by atoms with E-state index in [1.165, 1.54) is 44.3 Å². The van der Waals surface area contributed by atoms with Crippen LogP contribution in [0.2, 0.25) is 0 Å². The molecular weight excluding hydrogens is 534 g/mol. The summed E-state index contributed by atoms with van der Waals surface area (Å²) in [6.45, 7) is 0. The Balaban J connectivity index is 1.93. The van der Waals surface area contributed by atoms with E-state index >= 15 is 0 Å². The number of allylic oxidation sites excluding steroid dienone is 2. The number of rotatable bonds is 4. The molecule has 4 rings (SSSR count). The van der Waals surface area contributed by atoms with Crippen molar-refractivity contribution in [3.05, 3.63) is 69.7 Å². The van der Waals surface area contributed by atoms with Crippen molar-refractivity contribution in [1.29, 1.82) is 0 Å². The van der Waals surface area contributed by atoms with Gasteiger partial charge in [0.2, 0.25) is 0 Å². The number of nitrogens with zero attached hydrogens (tertiary/aromatic N) is 1. The number of carbonyl (C=O) groups is 4. The highest BCUT2D eigenvalue weighted by Gasteiger charge is 2.42. The summed E-state index contributed by atoms with van der Waals surface area (Å²) in [6, 6.07) is 6.16. The number of hydrogen-bond acceptors (Lipinski definition) is 11. The number of likely N-dealkylation sites (N-methyl/N-ethyl adjacent to an activating group) is 1. The Hall–Kier alpha value is -4.68. The summed E-state index contributed by atoms with van der Waals surface area (Å²) in [7, 11) is 4.26. The lowest BCUT2D eigenvalue weighted by atomic mass is 9.72. The Labute approximate surface area is 235 Å². The molecule has 0 saturated heterocycles. The first-order chi connectivity index (χ1) is 19.3. The van der Waals surface area contributed by atoms with Crippen LogP contribution in [0.5, 0.6) is 5.75 Å². The summed E-state index contributed by atoms with van der Waals surface area (Å²) < 4.78 is 4.81. The molecule has 12 heteroatoms. The van der Waals surface area contributed by atoms with Gasteiger partial charge in [-0.15, -0.1) is 0 Å². The number of ketones is 2. The van der Waals surface area contributed by atoms with Gasteiger partial charge in [-0.25, -0.2) is 4.79 Å². The van der Waals surface area contributed by atoms with Crippen LogP contribution in [0.4, 0.5) is 5.69 Å². The molecule has 1 unspecified atom stereocenters. The third-order valence-corrected chi connectivity index (χ3v) is 7.46. The topological polar surface area (TPSA) is 214 Å². The first-order valence-corrected chi connectivity index (χ1v) is 12.7. The number of hydrogen-bond donors (Lipinski definition) is 6. The monoisotopic (exact) mass is 565 g/mol. The molecule has 2 aliphatic rings. The summed E-state index contributed by atoms with van der Waals surface area (Å²) in [6.07, 6.45) is -2.40. The Morgan fingerprint density at radius 2 is 1.76 bits per heavy atom. The van der Waals surface area contributed by atoms with Gasteiger partial charge >= 0.3 is 5.97 Å². The molecule has 3 atom stereocenters. The van der Waals surface area contributed by atoms with Crippen molar-refractivity contribution in [3.63, 3.8) is 0 Å². The van der Waals surface area contributed by atoms with Crippen LogP contribution in [-0.4, -0.2) is 82.1 Å². The number of amides is 1. The van der Waals surface area contributed by atoms with Crippen LogP contribution in [0.15, 0.2) is 53.0 Å². The van der Waals surface area contributed by atoms with Crippen LogP contribution >= 0.6 is 0 Å². The zero-order valence-electron chi connectivity index (χ0n) is 22.7. The fourth-order valence-electron chi connectivity index (χ4n) is 5.73. The normalized spacial score (nSPS) is 25.0. The number of carbonyl (C=O) groups excluding carboxylic acids is 4. The fourth-order valence-corrected chi connectivity index (χ4v) is 5.73. The Kier molecular flexibility index (Phi) is 7.91. The van der Waals surface area contributed by atoms with E-state index in [1.54, 1.807) is 12.1 Å². The molecule has 12 nitrogen and oxygen atoms in total. The highest BCUT2D eigenvalue weighted by Crippen LogP contribution is 2.44. The lowest BCUT2D eigenvalue weighted by Crippen LogP contribution is -2.45. The van der Waals surface area contributed by atoms with Crippen molar-refractivity contribution in [2.45, 2.75) is 31.4 Å². The standard InChI is InChI=1S/C29H31N3O9/c1-32(2)25-21(36)10-13-9-17-16(12-6-14(29(40)41-3)8-15(30)7-12)4-5-18(33)23(17)26(37)22(13)19(34)11-20(35)24(27(25)38)28(31)39/h4-8,13,21,25,33-34,36,38H,9-11,30H2,1-3H3,(H2,31,39)/b22-19-,27-24-/t13-,21-,25?/m0/s1. The molecule has 216 valence electrons. The number of anilines is 1. The molecule has 0 saturated carbocycles. The highest BCUT2D eigenvalue weighted by atomic mass is 16.5. The number of primary amides is 1. The van der Waals surface area contributed by atoms with Crippen LogP contribution in [0, 0.1) is 5.92 Å². The van der Waals surface area contributed by atoms with Gasteiger partial charge in [-0.05, 0) is 73.8 Å². The number of nitrogen functional groups attached to an aromatic ring is 1. The summed E-state index contributed by atoms with van der Waals surface area (Å²) >= 11 is 0. The number of esters is 1. The molecule has 8 N–H and O–H groups in total. The number of phenols is 1. The summed E-state index contributed by atoms with van der Waals surface area (Å²) in [4.78, 5) is 52.6. The molecule has 0 spiro atoms. The van der Waals surface area contributed by atoms with Gasteiger partial charge in [-0.2, -0.15) is 0 Å². The highest BCUT2D eigenvalue weighted by molar-refractivity contribution is 6.20. The molecule has 0 bridgehead atoms. The molecule has 0 fully saturated rings. The molecular formula is C29H31N3O9. The van der Waals surface area contributed by atoms with Crippen LogP contribution in [0.3, 0.4) is 0 Å². The van der Waals surface area contributed by atoms with Gasteiger partial charge in [0, 0.05) is 11.3 Å². The maximum absolute atomic E-state index is 13.9. The van der Waals surface area contributed by atoms with Crippen LogP contribution in [-0.2, 0) is 20.7 Å². The first-order valence-electron chi connectivity index (χ1n) is 12.7. The minimum atomic E-state index is -1.42. The maximum atomic E-state index is 13.9. The number of aliphatic hydroxyl groups is 3. The zero-order chi connectivity index (χ0) is 30.3. The van der Waals surface area contributed by atoms with E-state index in [0.717, 1.165) is 0 Å². The number of Topliss-reactive ketones (excluding diaryl/α,β-unsaturated/α-hetero) is 2. The number of benzene rings is 2. The lowest BCUT2D eigenvalue weighted by Gasteiger charge is -2.35. The van der Waals surface area contributed by atoms with Crippen molar-refractivity contribution in [2.75, 3.05) is 26.9 Å². The Morgan fingerprint density at radius 3 is 2.37 bits per heavy atom. The zero-order valence-corrected chi connectivity index (χ0v) is 22.7. The van der Waals surface area contributed by atoms with Crippen LogP contribution in [0.1, 0.15) is 39.1 Å². The van der Waals surface area contributed by atoms with E-state index in [2.05, 4.69) is 0 Å². The lowest BCUT2D eigenvalue weighted by molar-refractivity contribution is -0.121. The van der Waals surface area contributed by atoms with Gasteiger partial charge in [0.15, 0.2) is 11.6 Å². The quantitative estimate of drug-likeness (QED) is 0.178. The van der Waals surface area contributed by atoms with Gasteiger partial charge in [0.25, 0.3) is 5.91 Å². The molecule has 2 aromatic rings. The number of phenolic OH excluding ortho intramolecular Hbond substituents is 1. The van der Waals surface area contributed by atoms with Crippen LogP contribution < -0.4 is 11.5 Å². The number of fused-ring (bicyclic) bond motifs is 2. The number of aromatic hydroxyl groups is 1. The van der Waals surface area contributed by atoms with Crippen molar-refractivity contribution >= 4 is 29.1 Å². The van der Waals surface area contributed by atoms with Crippen molar-refractivity contribution < 1.29 is 44.3 Å². The Bertz CT molecular complexity index is 1540. The number of nitrogens with two attached hydrogens (primary N) is 2. The summed E-state index contributed by atoms with van der Waals surface area (Å²) in [5.74, 6) is -6.35. The third kappa shape index (κ3) is 5.26. The van der Waals surface area contributed by atoms with E-state index in [4.69, 9.17) is 16.2 Å². The SMILES string of the molecule is COC(=O)c1cc(N)cc(-c2ccc(O)c3c2C[C@H]2C[C@H](O)C(N(C)C)/C(O)=C(/C(N)=O)C(=O)C/C(O)=C\2C3=O)c1. The second-order valence-corrected chi connectivity index (χ2v) is 10.3. The second kappa shape index (κ2) is 11.1. The average Bonchev–Trinajstić information content (AvgIpc) is 2.86. The maximum Gasteiger partial charge on any atom is 0.337 e. The second-order valence-electron chi connectivity index (χ2n) is 10.3. The molecule has 0 radical (unpaired) electrons. The van der Waals surface area contributed by atoms with E-state index < -0.39 is 65.0 Å². The fraction of sp³-hybridized carbons (Fsp3) is 0.310. The van der Waals surface area contributed by atoms with Gasteiger partial charge in [-0.1, -0.05) is 6.07 Å². The predicted molar refractivity (Wildman–Crippen MR) is 147 cm³/mol. The number of ether oxygens (including phenoxy) is 1. The molecule has 0 aliphatic heterocycles. The summed E-state index contributed by atoms with van der Waals surface area (Å²) in [5, 5.41) is 43.9. The van der Waals surface area contributed by atoms with Crippen molar-refractivity contribution in [1.82, 2.24) is 4.90 Å². The van der Waals surface area contributed by atoms with Gasteiger partial charge in [-0.3, -0.25) is 19.3 Å². The number of aliphatic hydroxyl groups excluding tert-OH is 3. The molecule has 2 aromatic carbocycles. The van der Waals surface area contributed by atoms with Gasteiger partial charge in [0.1, 0.15) is 22.8 Å². The first kappa shape index (κ1) is 29.3. The van der Waals surface area contributed by atoms with E-state index in [1.807, 2.05) is 0 Å². The third-order valence-electron chi connectivity index (χ3n) is 7.46. The van der Waals surface area contributed by atoms with Gasteiger partial charge in [0.05, 0.1) is 36.8 Å². The average molecular weight is 566 g/mol. The van der Waals surface area contributed by atoms with E-state index in [-0.39, 0.29) is 41.0 Å². The minimum Gasteiger partial charge on any atom is -0.511 e. The minimum absolute atomic E-state index is 0.0190. The number of methoxy groups -OCH3 is 1. The predicted octanol–water partition coefficient (Wildman–Crippen LogP) is 1.55. The van der Waals surface area contributed by atoms with Crippen molar-refractivity contribution in [2.24, 2.45) is 11.7 Å². The molecule has 0 heterocycles. The molecule has 0 aromatic heterocycles. The van der Waals surface area contributed by atoms with E-state index in [0.29, 0.717) is 16.7 Å². The van der Waals surface area contributed by atoms with E-state index in [9.17, 15) is 39.6 Å². The largest absolute Gasteiger partial charge is 0.511 e. The Morgan fingerprint density at radius 1 is 1.07 bits per heavy atom. The van der Waals surface area contributed by atoms with Crippen LogP contribution in [0.25, 0.3) is 11.1 Å². The molecule has 2 aliphatic carbocycles.